The first kappa shape index (κ1) is 21.7. The van der Waals surface area contributed by atoms with Gasteiger partial charge in [-0.3, -0.25) is 9.88 Å². The van der Waals surface area contributed by atoms with Gasteiger partial charge in [-0.1, -0.05) is 13.8 Å². The number of β-amino-alcohol motifs (C(OH)–C–C–N with tert-alkyl or cyclic N) is 1. The van der Waals surface area contributed by atoms with Crippen LogP contribution in [0.2, 0.25) is 0 Å². The van der Waals surface area contributed by atoms with E-state index in [1.165, 1.54) is 42.5 Å². The van der Waals surface area contributed by atoms with E-state index in [1.54, 1.807) is 6.33 Å². The highest BCUT2D eigenvalue weighted by molar-refractivity contribution is 5.89. The van der Waals surface area contributed by atoms with E-state index >= 15 is 0 Å². The van der Waals surface area contributed by atoms with E-state index in [0.717, 1.165) is 46.6 Å². The molecule has 34 heavy (non-hydrogen) atoms. The quantitative estimate of drug-likeness (QED) is 0.463. The van der Waals surface area contributed by atoms with Gasteiger partial charge in [0.25, 0.3) is 0 Å². The van der Waals surface area contributed by atoms with Gasteiger partial charge >= 0.3 is 0 Å². The van der Waals surface area contributed by atoms with Gasteiger partial charge in [0.2, 0.25) is 0 Å². The van der Waals surface area contributed by atoms with Crippen LogP contribution in [0.5, 0.6) is 0 Å². The van der Waals surface area contributed by atoms with Crippen LogP contribution < -0.4 is 0 Å². The Morgan fingerprint density at radius 1 is 1.06 bits per heavy atom. The minimum absolute atomic E-state index is 0.114. The summed E-state index contributed by atoms with van der Waals surface area (Å²) < 4.78 is 1.88. The topological polar surface area (TPSA) is 82.3 Å². The number of hydrogen-bond acceptors (Lipinski definition) is 5. The molecule has 1 aliphatic heterocycles. The zero-order chi connectivity index (χ0) is 23.6. The lowest BCUT2D eigenvalue weighted by Gasteiger charge is -2.44. The number of aliphatic hydroxyl groups excluding tert-OH is 1. The molecule has 1 aliphatic carbocycles. The molecule has 7 nitrogen and oxygen atoms in total. The van der Waals surface area contributed by atoms with Gasteiger partial charge in [0.15, 0.2) is 5.65 Å². The maximum Gasteiger partial charge on any atom is 0.158 e. The van der Waals surface area contributed by atoms with Gasteiger partial charge in [0.1, 0.15) is 6.33 Å². The van der Waals surface area contributed by atoms with E-state index in [4.69, 9.17) is 4.98 Å². The second-order valence-corrected chi connectivity index (χ2v) is 10.6. The number of nitrogens with one attached hydrogen (secondary N) is 1. The van der Waals surface area contributed by atoms with Crippen LogP contribution in [-0.4, -0.2) is 59.8 Å². The molecule has 0 atom stereocenters. The highest BCUT2D eigenvalue weighted by Crippen LogP contribution is 2.40. The lowest BCUT2D eigenvalue weighted by molar-refractivity contribution is -0.0344. The van der Waals surface area contributed by atoms with Crippen LogP contribution in [0.1, 0.15) is 73.8 Å². The van der Waals surface area contributed by atoms with Gasteiger partial charge in [-0.2, -0.15) is 5.10 Å². The Morgan fingerprint density at radius 3 is 2.53 bits per heavy atom. The molecule has 4 aromatic rings. The predicted octanol–water partition coefficient (Wildman–Crippen LogP) is 4.72. The van der Waals surface area contributed by atoms with E-state index < -0.39 is 0 Å². The average molecular weight is 459 g/mol. The third-order valence-corrected chi connectivity index (χ3v) is 8.20. The summed E-state index contributed by atoms with van der Waals surface area (Å²) in [6.45, 7) is 10.5. The summed E-state index contributed by atoms with van der Waals surface area (Å²) in [5.74, 6) is 0.854. The summed E-state index contributed by atoms with van der Waals surface area (Å²) in [4.78, 5) is 15.8. The van der Waals surface area contributed by atoms with E-state index in [-0.39, 0.29) is 6.10 Å². The van der Waals surface area contributed by atoms with Crippen molar-refractivity contribution in [3.63, 3.8) is 0 Å². The maximum absolute atomic E-state index is 9.65. The van der Waals surface area contributed by atoms with Crippen molar-refractivity contribution >= 4 is 16.7 Å². The number of pyridine rings is 2. The fourth-order valence-corrected chi connectivity index (χ4v) is 6.08. The Bertz CT molecular complexity index is 1350. The van der Waals surface area contributed by atoms with Gasteiger partial charge < -0.3 is 10.1 Å². The van der Waals surface area contributed by atoms with Gasteiger partial charge in [-0.25, -0.2) is 9.50 Å². The van der Waals surface area contributed by atoms with Crippen LogP contribution in [0.15, 0.2) is 24.7 Å². The number of fused-ring (bicyclic) bond motifs is 2. The first-order chi connectivity index (χ1) is 16.4. The Kier molecular flexibility index (Phi) is 5.22. The van der Waals surface area contributed by atoms with Crippen molar-refractivity contribution in [3.8, 4) is 11.3 Å². The summed E-state index contributed by atoms with van der Waals surface area (Å²) in [5.41, 5.74) is 10.3. The lowest BCUT2D eigenvalue weighted by Crippen LogP contribution is -2.55. The molecule has 0 bridgehead atoms. The number of nitrogens with zero attached hydrogens (tertiary/aromatic N) is 5. The van der Waals surface area contributed by atoms with Crippen LogP contribution >= 0.6 is 0 Å². The van der Waals surface area contributed by atoms with E-state index in [1.807, 2.05) is 4.52 Å². The number of hydrogen-bond donors (Lipinski definition) is 2. The molecule has 7 heteroatoms. The monoisotopic (exact) mass is 458 g/mol. The van der Waals surface area contributed by atoms with E-state index in [0.29, 0.717) is 17.9 Å². The molecule has 0 spiro atoms. The molecule has 6 rings (SSSR count). The molecule has 2 N–H and O–H groups in total. The average Bonchev–Trinajstić information content (AvgIpc) is 3.43. The second-order valence-electron chi connectivity index (χ2n) is 10.6. The van der Waals surface area contributed by atoms with Crippen LogP contribution in [0.3, 0.4) is 0 Å². The Labute approximate surface area is 200 Å². The van der Waals surface area contributed by atoms with Gasteiger partial charge in [-0.05, 0) is 68.7 Å². The summed E-state index contributed by atoms with van der Waals surface area (Å²) >= 11 is 0. The number of aromatic nitrogens is 5. The number of H-pyrrole nitrogens is 1. The summed E-state index contributed by atoms with van der Waals surface area (Å²) in [6, 6.07) is 5.08. The molecule has 5 heterocycles. The second kappa shape index (κ2) is 8.17. The fraction of sp³-hybridized carbons (Fsp3) is 0.519. The highest BCUT2D eigenvalue weighted by atomic mass is 16.3. The smallest absolute Gasteiger partial charge is 0.158 e. The molecule has 2 fully saturated rings. The Morgan fingerprint density at radius 2 is 1.82 bits per heavy atom. The van der Waals surface area contributed by atoms with Crippen LogP contribution in [0.4, 0.5) is 0 Å². The van der Waals surface area contributed by atoms with Crippen molar-refractivity contribution in [3.05, 3.63) is 47.0 Å². The van der Waals surface area contributed by atoms with Crippen molar-refractivity contribution in [2.75, 3.05) is 13.1 Å². The molecule has 0 radical (unpaired) electrons. The zero-order valence-electron chi connectivity index (χ0n) is 20.5. The number of rotatable bonds is 4. The normalized spacial score (nSPS) is 22.2. The third-order valence-electron chi connectivity index (χ3n) is 8.20. The van der Waals surface area contributed by atoms with Crippen LogP contribution in [0.25, 0.3) is 27.9 Å². The summed E-state index contributed by atoms with van der Waals surface area (Å²) in [6.07, 6.45) is 8.34. The van der Waals surface area contributed by atoms with Crippen molar-refractivity contribution in [1.82, 2.24) is 29.5 Å². The van der Waals surface area contributed by atoms with Gasteiger partial charge in [0.05, 0.1) is 22.8 Å². The molecule has 1 saturated heterocycles. The van der Waals surface area contributed by atoms with E-state index in [2.05, 4.69) is 66.0 Å². The fourth-order valence-electron chi connectivity index (χ4n) is 6.08. The van der Waals surface area contributed by atoms with Gasteiger partial charge in [-0.15, -0.1) is 0 Å². The number of aromatic amines is 1. The first-order valence-electron chi connectivity index (χ1n) is 12.6. The van der Waals surface area contributed by atoms with E-state index in [9.17, 15) is 5.11 Å². The first-order valence-corrected chi connectivity index (χ1v) is 12.6. The largest absolute Gasteiger partial charge is 0.390 e. The highest BCUT2D eigenvalue weighted by Gasteiger charge is 2.34. The minimum Gasteiger partial charge on any atom is -0.390 e. The minimum atomic E-state index is -0.114. The molecule has 1 saturated carbocycles. The van der Waals surface area contributed by atoms with Crippen molar-refractivity contribution in [2.24, 2.45) is 0 Å². The van der Waals surface area contributed by atoms with Gasteiger partial charge in [0, 0.05) is 48.1 Å². The third kappa shape index (κ3) is 3.45. The maximum atomic E-state index is 9.65. The Balaban J connectivity index is 1.36. The molecular formula is C27H34N6O. The number of aryl methyl sites for hydroxylation is 1. The molecule has 4 aromatic heterocycles. The molecule has 2 aliphatic rings. The summed E-state index contributed by atoms with van der Waals surface area (Å²) in [5, 5.41) is 14.0. The standard InChI is InChI=1S/C27H34N6O/c1-15(2)24-25(21-13-33-27(28-14-29-33)17(4)16(21)3)31-23-10-9-22(30-26(23)24)18-5-7-19(8-6-18)32-11-20(34)12-32/h9-10,13-15,18-20,31,34H,5-8,11-12H2,1-4H3. The lowest BCUT2D eigenvalue weighted by atomic mass is 9.82. The summed E-state index contributed by atoms with van der Waals surface area (Å²) in [7, 11) is 0. The molecular weight excluding hydrogens is 424 g/mol. The van der Waals surface area contributed by atoms with Crippen molar-refractivity contribution < 1.29 is 5.11 Å². The van der Waals surface area contributed by atoms with Crippen molar-refractivity contribution in [1.29, 1.82) is 0 Å². The van der Waals surface area contributed by atoms with Crippen molar-refractivity contribution in [2.45, 2.75) is 77.4 Å². The molecule has 0 amide bonds. The Hall–Kier alpha value is -2.77. The predicted molar refractivity (Wildman–Crippen MR) is 134 cm³/mol. The molecule has 0 unspecified atom stereocenters. The van der Waals surface area contributed by atoms with Crippen LogP contribution in [0, 0.1) is 13.8 Å². The number of aliphatic hydroxyl groups is 1. The molecule has 178 valence electrons. The van der Waals surface area contributed by atoms with Crippen LogP contribution in [-0.2, 0) is 0 Å². The number of likely N-dealkylation sites (tertiary alicyclic amines) is 1. The zero-order valence-corrected chi connectivity index (χ0v) is 20.5. The SMILES string of the molecule is Cc1c(-c2[nH]c3ccc(C4CCC(N5CC(O)C5)CC4)nc3c2C(C)C)cn2ncnc2c1C. The molecule has 0 aromatic carbocycles.